The third kappa shape index (κ3) is 2.92. The Balaban J connectivity index is 2.30. The quantitative estimate of drug-likeness (QED) is 0.644. The molecule has 0 aliphatic heterocycles. The first-order valence-electron chi connectivity index (χ1n) is 5.88. The molecule has 0 atom stereocenters. The van der Waals surface area contributed by atoms with Gasteiger partial charge in [-0.15, -0.1) is 0 Å². The van der Waals surface area contributed by atoms with Crippen molar-refractivity contribution >= 4 is 17.3 Å². The summed E-state index contributed by atoms with van der Waals surface area (Å²) in [5.74, 6) is -1.30. The van der Waals surface area contributed by atoms with Crippen LogP contribution < -0.4 is 5.32 Å². The largest absolute Gasteiger partial charge is 0.477 e. The lowest BCUT2D eigenvalue weighted by Gasteiger charge is -2.09. The maximum absolute atomic E-state index is 11.2. The van der Waals surface area contributed by atoms with Crippen molar-refractivity contribution in [1.29, 1.82) is 0 Å². The molecule has 2 N–H and O–H groups in total. The Kier molecular flexibility index (Phi) is 3.95. The summed E-state index contributed by atoms with van der Waals surface area (Å²) in [4.78, 5) is 21.4. The number of nitro benzene ring substituents is 1. The van der Waals surface area contributed by atoms with E-state index in [9.17, 15) is 14.9 Å². The van der Waals surface area contributed by atoms with Crippen LogP contribution in [0.5, 0.6) is 0 Å². The highest BCUT2D eigenvalue weighted by Crippen LogP contribution is 2.23. The normalized spacial score (nSPS) is 10.0. The van der Waals surface area contributed by atoms with Crippen LogP contribution >= 0.6 is 0 Å². The molecule has 0 aromatic heterocycles. The van der Waals surface area contributed by atoms with E-state index in [0.29, 0.717) is 5.56 Å². The molecule has 0 saturated carbocycles. The van der Waals surface area contributed by atoms with Crippen LogP contribution in [0.3, 0.4) is 0 Å². The molecule has 6 heteroatoms. The fourth-order valence-corrected chi connectivity index (χ4v) is 1.89. The minimum atomic E-state index is -1.30. The average Bonchev–Trinajstić information content (AvgIpc) is 2.45. The van der Waals surface area contributed by atoms with Crippen molar-refractivity contribution in [1.82, 2.24) is 0 Å². The summed E-state index contributed by atoms with van der Waals surface area (Å²) in [5, 5.41) is 23.1. The van der Waals surface area contributed by atoms with Crippen LogP contribution in [0.25, 0.3) is 0 Å². The number of anilines is 1. The number of nitrogens with one attached hydrogen (secondary N) is 1. The highest BCUT2D eigenvalue weighted by atomic mass is 16.6. The Hall–Kier alpha value is -2.89. The van der Waals surface area contributed by atoms with Gasteiger partial charge < -0.3 is 10.4 Å². The van der Waals surface area contributed by atoms with Crippen LogP contribution in [0, 0.1) is 10.1 Å². The molecule has 0 aliphatic rings. The van der Waals surface area contributed by atoms with Gasteiger partial charge in [-0.2, -0.15) is 0 Å². The topological polar surface area (TPSA) is 92.5 Å². The highest BCUT2D eigenvalue weighted by Gasteiger charge is 2.22. The molecule has 0 amide bonds. The molecule has 0 fully saturated rings. The van der Waals surface area contributed by atoms with Crippen LogP contribution in [0.2, 0.25) is 0 Å². The number of aromatic carboxylic acids is 1. The monoisotopic (exact) mass is 272 g/mol. The molecule has 0 radical (unpaired) electrons. The van der Waals surface area contributed by atoms with E-state index in [4.69, 9.17) is 5.11 Å². The molecule has 0 aliphatic carbocycles. The van der Waals surface area contributed by atoms with E-state index in [1.54, 1.807) is 6.07 Å². The van der Waals surface area contributed by atoms with E-state index < -0.39 is 16.6 Å². The number of carbonyl (C=O) groups is 1. The van der Waals surface area contributed by atoms with Gasteiger partial charge in [-0.3, -0.25) is 10.1 Å². The Morgan fingerprint density at radius 1 is 1.15 bits per heavy atom. The van der Waals surface area contributed by atoms with Crippen molar-refractivity contribution in [3.05, 3.63) is 69.8 Å². The van der Waals surface area contributed by atoms with Gasteiger partial charge in [0, 0.05) is 18.3 Å². The van der Waals surface area contributed by atoms with Crippen LogP contribution in [-0.4, -0.2) is 16.0 Å². The number of hydrogen-bond donors (Lipinski definition) is 2. The number of para-hydroxylation sites is 1. The van der Waals surface area contributed by atoms with E-state index >= 15 is 0 Å². The maximum Gasteiger partial charge on any atom is 0.343 e. The molecule has 0 saturated heterocycles. The van der Waals surface area contributed by atoms with Crippen molar-refractivity contribution in [3.8, 4) is 0 Å². The summed E-state index contributed by atoms with van der Waals surface area (Å²) >= 11 is 0. The lowest BCUT2D eigenvalue weighted by molar-refractivity contribution is -0.385. The van der Waals surface area contributed by atoms with Crippen LogP contribution in [-0.2, 0) is 6.54 Å². The number of hydrogen-bond acceptors (Lipinski definition) is 4. The molecule has 102 valence electrons. The fraction of sp³-hybridized carbons (Fsp3) is 0.0714. The van der Waals surface area contributed by atoms with Gasteiger partial charge >= 0.3 is 5.97 Å². The molecular weight excluding hydrogens is 260 g/mol. The minimum Gasteiger partial charge on any atom is -0.477 e. The van der Waals surface area contributed by atoms with Crippen molar-refractivity contribution in [2.75, 3.05) is 5.32 Å². The first kappa shape index (κ1) is 13.5. The van der Waals surface area contributed by atoms with Gasteiger partial charge in [-0.1, -0.05) is 30.3 Å². The Bertz CT molecular complexity index is 641. The molecule has 0 unspecified atom stereocenters. The van der Waals surface area contributed by atoms with Gasteiger partial charge in [-0.05, 0) is 17.7 Å². The number of carboxylic acids is 1. The lowest BCUT2D eigenvalue weighted by atomic mass is 10.1. The number of benzene rings is 2. The van der Waals surface area contributed by atoms with Crippen molar-refractivity contribution in [2.45, 2.75) is 6.54 Å². The zero-order valence-corrected chi connectivity index (χ0v) is 10.4. The smallest absolute Gasteiger partial charge is 0.343 e. The second kappa shape index (κ2) is 5.83. The number of carboxylic acid groups (broad SMARTS) is 1. The summed E-state index contributed by atoms with van der Waals surface area (Å²) in [7, 11) is 0. The number of nitrogens with zero attached hydrogens (tertiary/aromatic N) is 1. The van der Waals surface area contributed by atoms with E-state index in [1.807, 2.05) is 30.3 Å². The predicted molar refractivity (Wildman–Crippen MR) is 73.8 cm³/mol. The molecule has 0 bridgehead atoms. The van der Waals surface area contributed by atoms with Gasteiger partial charge in [0.1, 0.15) is 5.56 Å². The van der Waals surface area contributed by atoms with Crippen molar-refractivity contribution in [2.24, 2.45) is 0 Å². The molecule has 2 rings (SSSR count). The summed E-state index contributed by atoms with van der Waals surface area (Å²) in [6, 6.07) is 13.4. The maximum atomic E-state index is 11.2. The molecule has 6 nitrogen and oxygen atoms in total. The molecular formula is C14H12N2O4. The summed E-state index contributed by atoms with van der Waals surface area (Å²) in [6.45, 7) is 0.202. The Morgan fingerprint density at radius 2 is 1.85 bits per heavy atom. The zero-order chi connectivity index (χ0) is 14.5. The summed E-state index contributed by atoms with van der Waals surface area (Å²) < 4.78 is 0. The fourth-order valence-electron chi connectivity index (χ4n) is 1.89. The van der Waals surface area contributed by atoms with E-state index in [0.717, 1.165) is 5.69 Å². The minimum absolute atomic E-state index is 0.202. The first-order chi connectivity index (χ1) is 9.59. The molecule has 20 heavy (non-hydrogen) atoms. The van der Waals surface area contributed by atoms with Crippen LogP contribution in [0.4, 0.5) is 11.4 Å². The van der Waals surface area contributed by atoms with Crippen molar-refractivity contribution < 1.29 is 14.8 Å². The average molecular weight is 272 g/mol. The predicted octanol–water partition coefficient (Wildman–Crippen LogP) is 2.91. The van der Waals surface area contributed by atoms with Gasteiger partial charge in [-0.25, -0.2) is 4.79 Å². The number of rotatable bonds is 5. The van der Waals surface area contributed by atoms with E-state index in [2.05, 4.69) is 5.32 Å². The Morgan fingerprint density at radius 3 is 2.45 bits per heavy atom. The second-order valence-corrected chi connectivity index (χ2v) is 4.09. The van der Waals surface area contributed by atoms with Crippen LogP contribution in [0.15, 0.2) is 48.5 Å². The summed E-state index contributed by atoms with van der Waals surface area (Å²) in [6.07, 6.45) is 0. The molecule has 2 aromatic rings. The number of nitro groups is 1. The first-order valence-corrected chi connectivity index (χ1v) is 5.88. The van der Waals surface area contributed by atoms with Crippen LogP contribution in [0.1, 0.15) is 15.9 Å². The third-order valence-corrected chi connectivity index (χ3v) is 2.80. The van der Waals surface area contributed by atoms with Gasteiger partial charge in [0.25, 0.3) is 5.69 Å². The third-order valence-electron chi connectivity index (χ3n) is 2.80. The van der Waals surface area contributed by atoms with E-state index in [-0.39, 0.29) is 12.1 Å². The zero-order valence-electron chi connectivity index (χ0n) is 10.4. The lowest BCUT2D eigenvalue weighted by Crippen LogP contribution is -2.10. The highest BCUT2D eigenvalue weighted by molar-refractivity contribution is 5.94. The standard InChI is InChI=1S/C14H12N2O4/c17-14(18)13-10(5-4-8-12(13)16(19)20)9-15-11-6-2-1-3-7-11/h1-8,15H,9H2,(H,17,18). The molecule has 2 aromatic carbocycles. The van der Waals surface area contributed by atoms with Gasteiger partial charge in [0.15, 0.2) is 0 Å². The second-order valence-electron chi connectivity index (χ2n) is 4.09. The van der Waals surface area contributed by atoms with E-state index in [1.165, 1.54) is 12.1 Å². The molecule has 0 spiro atoms. The van der Waals surface area contributed by atoms with Gasteiger partial charge in [0.2, 0.25) is 0 Å². The summed E-state index contributed by atoms with van der Waals surface area (Å²) in [5.41, 5.74) is 0.511. The van der Waals surface area contributed by atoms with Crippen molar-refractivity contribution in [3.63, 3.8) is 0 Å². The Labute approximate surface area is 114 Å². The SMILES string of the molecule is O=C(O)c1c(CNc2ccccc2)cccc1[N+](=O)[O-]. The molecule has 0 heterocycles. The van der Waals surface area contributed by atoms with Gasteiger partial charge in [0.05, 0.1) is 4.92 Å².